The first kappa shape index (κ1) is 38.7. The van der Waals surface area contributed by atoms with E-state index in [9.17, 15) is 0 Å². The highest BCUT2D eigenvalue weighted by Gasteiger charge is 2.18. The van der Waals surface area contributed by atoms with Crippen molar-refractivity contribution in [3.05, 3.63) is 250 Å². The Hall–Kier alpha value is -7.16. The van der Waals surface area contributed by atoms with E-state index in [0.717, 1.165) is 28.2 Å². The highest BCUT2D eigenvalue weighted by atomic mass is 15.1. The number of aryl methyl sites for hydroxylation is 5. The van der Waals surface area contributed by atoms with Gasteiger partial charge in [-0.1, -0.05) is 181 Å². The average Bonchev–Trinajstić information content (AvgIpc) is 3.26. The lowest BCUT2D eigenvalue weighted by molar-refractivity contribution is 1.21. The molecule has 0 radical (unpaired) electrons. The summed E-state index contributed by atoms with van der Waals surface area (Å²) in [6.07, 6.45) is 11.0. The van der Waals surface area contributed by atoms with Crippen molar-refractivity contribution >= 4 is 56.9 Å². The van der Waals surface area contributed by atoms with Crippen LogP contribution in [0.4, 0.5) is 28.4 Å². The summed E-state index contributed by atoms with van der Waals surface area (Å²) in [6.45, 7) is 10.8. The van der Waals surface area contributed by atoms with Gasteiger partial charge in [-0.15, -0.1) is 0 Å². The molecular weight excluding hydrogens is 713 g/mol. The van der Waals surface area contributed by atoms with Gasteiger partial charge in [0.2, 0.25) is 0 Å². The highest BCUT2D eigenvalue weighted by Crippen LogP contribution is 2.40. The van der Waals surface area contributed by atoms with E-state index >= 15 is 0 Å². The van der Waals surface area contributed by atoms with Gasteiger partial charge in [0.1, 0.15) is 0 Å². The number of benzene rings is 8. The minimum atomic E-state index is 1.11. The Bertz CT molecular complexity index is 2700. The van der Waals surface area contributed by atoms with Crippen LogP contribution in [0.5, 0.6) is 0 Å². The SMILES string of the molecule is Cc1ccc(N(C=C(c2ccccc2)c2ccccc2)c2ccc(/C=C/C=C/c3ccc(N(c4ccc(C)cc4C)c4ccc(C)cc4C)cc3)c3ccccc23)cc1. The van der Waals surface area contributed by atoms with Crippen molar-refractivity contribution in [1.82, 2.24) is 0 Å². The number of hydrogen-bond acceptors (Lipinski definition) is 2. The number of anilines is 5. The molecule has 0 N–H and O–H groups in total. The first-order valence-corrected chi connectivity index (χ1v) is 20.4. The second-order valence-corrected chi connectivity index (χ2v) is 15.4. The molecular formula is C57H50N2. The Kier molecular flexibility index (Phi) is 11.5. The third-order valence-corrected chi connectivity index (χ3v) is 10.9. The summed E-state index contributed by atoms with van der Waals surface area (Å²) < 4.78 is 0. The molecule has 0 aliphatic heterocycles. The van der Waals surface area contributed by atoms with Crippen LogP contribution in [0.25, 0.3) is 28.5 Å². The Morgan fingerprint density at radius 2 is 0.898 bits per heavy atom. The van der Waals surface area contributed by atoms with Crippen molar-refractivity contribution in [2.45, 2.75) is 34.6 Å². The second kappa shape index (κ2) is 17.5. The number of nitrogens with zero attached hydrogens (tertiary/aromatic N) is 2. The molecule has 59 heavy (non-hydrogen) atoms. The molecule has 0 aliphatic rings. The van der Waals surface area contributed by atoms with E-state index in [0.29, 0.717) is 0 Å². The highest BCUT2D eigenvalue weighted by molar-refractivity contribution is 6.02. The molecule has 8 aromatic carbocycles. The first-order valence-electron chi connectivity index (χ1n) is 20.4. The van der Waals surface area contributed by atoms with Crippen LogP contribution in [0, 0.1) is 34.6 Å². The summed E-state index contributed by atoms with van der Waals surface area (Å²) in [5, 5.41) is 2.38. The van der Waals surface area contributed by atoms with Gasteiger partial charge in [-0.25, -0.2) is 0 Å². The van der Waals surface area contributed by atoms with Gasteiger partial charge in [0, 0.05) is 39.9 Å². The van der Waals surface area contributed by atoms with Crippen LogP contribution < -0.4 is 9.80 Å². The van der Waals surface area contributed by atoms with Crippen LogP contribution in [0.1, 0.15) is 50.1 Å². The van der Waals surface area contributed by atoms with Crippen LogP contribution in [0.3, 0.4) is 0 Å². The van der Waals surface area contributed by atoms with Crippen molar-refractivity contribution in [3.8, 4) is 0 Å². The largest absolute Gasteiger partial charge is 0.316 e. The maximum absolute atomic E-state index is 2.38. The predicted molar refractivity (Wildman–Crippen MR) is 255 cm³/mol. The van der Waals surface area contributed by atoms with Gasteiger partial charge in [-0.2, -0.15) is 0 Å². The Balaban J connectivity index is 1.11. The van der Waals surface area contributed by atoms with Crippen molar-refractivity contribution < 1.29 is 0 Å². The van der Waals surface area contributed by atoms with Crippen LogP contribution in [-0.2, 0) is 0 Å². The molecule has 0 saturated heterocycles. The lowest BCUT2D eigenvalue weighted by Gasteiger charge is -2.29. The second-order valence-electron chi connectivity index (χ2n) is 15.4. The number of hydrogen-bond donors (Lipinski definition) is 0. The third kappa shape index (κ3) is 8.73. The van der Waals surface area contributed by atoms with Gasteiger partial charge in [-0.05, 0) is 116 Å². The number of rotatable bonds is 11. The molecule has 0 bridgehead atoms. The topological polar surface area (TPSA) is 6.48 Å². The molecule has 8 rings (SSSR count). The van der Waals surface area contributed by atoms with Gasteiger partial charge >= 0.3 is 0 Å². The fourth-order valence-electron chi connectivity index (χ4n) is 7.91. The summed E-state index contributed by atoms with van der Waals surface area (Å²) in [7, 11) is 0. The fraction of sp³-hybridized carbons (Fsp3) is 0.0877. The maximum atomic E-state index is 2.38. The maximum Gasteiger partial charge on any atom is 0.0534 e. The molecule has 288 valence electrons. The van der Waals surface area contributed by atoms with Crippen molar-refractivity contribution in [3.63, 3.8) is 0 Å². The molecule has 0 aliphatic carbocycles. The summed E-state index contributed by atoms with van der Waals surface area (Å²) in [6, 6.07) is 65.6. The Morgan fingerprint density at radius 3 is 1.47 bits per heavy atom. The van der Waals surface area contributed by atoms with Crippen molar-refractivity contribution in [2.75, 3.05) is 9.80 Å². The number of fused-ring (bicyclic) bond motifs is 1. The molecule has 0 fully saturated rings. The number of allylic oxidation sites excluding steroid dienone is 2. The summed E-state index contributed by atoms with van der Waals surface area (Å²) >= 11 is 0. The summed E-state index contributed by atoms with van der Waals surface area (Å²) in [5.74, 6) is 0. The van der Waals surface area contributed by atoms with Crippen molar-refractivity contribution in [1.29, 1.82) is 0 Å². The molecule has 0 saturated carbocycles. The molecule has 8 aromatic rings. The monoisotopic (exact) mass is 762 g/mol. The molecule has 0 heterocycles. The minimum Gasteiger partial charge on any atom is -0.316 e. The zero-order valence-corrected chi connectivity index (χ0v) is 34.6. The van der Waals surface area contributed by atoms with E-state index in [1.54, 1.807) is 0 Å². The van der Waals surface area contributed by atoms with Gasteiger partial charge in [0.15, 0.2) is 0 Å². The van der Waals surface area contributed by atoms with Gasteiger partial charge in [0.25, 0.3) is 0 Å². The van der Waals surface area contributed by atoms with Crippen molar-refractivity contribution in [2.24, 2.45) is 0 Å². The standard InChI is InChI=1S/C57H50N2/c1-41-24-31-50(32-25-41)58(40-54(47-17-8-6-9-18-47)48-19-10-7-11-20-48)57-37-30-49(52-22-14-15-23-53(52)57)21-13-12-16-46-28-33-51(34-29-46)59(55-35-26-42(2)38-44(55)4)56-36-27-43(3)39-45(56)5/h6-40H,1-5H3/b16-12+,21-13+. The molecule has 0 atom stereocenters. The minimum absolute atomic E-state index is 1.11. The molecule has 2 nitrogen and oxygen atoms in total. The Labute approximate surface area is 350 Å². The lowest BCUT2D eigenvalue weighted by Crippen LogP contribution is -2.12. The Morgan fingerprint density at radius 1 is 0.407 bits per heavy atom. The predicted octanol–water partition coefficient (Wildman–Crippen LogP) is 15.8. The smallest absolute Gasteiger partial charge is 0.0534 e. The average molecular weight is 763 g/mol. The van der Waals surface area contributed by atoms with Crippen LogP contribution >= 0.6 is 0 Å². The molecule has 2 heteroatoms. The molecule has 0 spiro atoms. The van der Waals surface area contributed by atoms with E-state index in [4.69, 9.17) is 0 Å². The van der Waals surface area contributed by atoms with Gasteiger partial charge in [-0.3, -0.25) is 0 Å². The normalized spacial score (nSPS) is 11.3. The third-order valence-electron chi connectivity index (χ3n) is 10.9. The summed E-state index contributed by atoms with van der Waals surface area (Å²) in [5.41, 5.74) is 17.8. The van der Waals surface area contributed by atoms with Crippen LogP contribution in [0.15, 0.2) is 200 Å². The van der Waals surface area contributed by atoms with Gasteiger partial charge in [0.05, 0.1) is 5.69 Å². The van der Waals surface area contributed by atoms with Gasteiger partial charge < -0.3 is 9.80 Å². The van der Waals surface area contributed by atoms with E-state index in [1.807, 2.05) is 0 Å². The van der Waals surface area contributed by atoms with E-state index in [1.165, 1.54) is 66.7 Å². The lowest BCUT2D eigenvalue weighted by atomic mass is 9.97. The fourth-order valence-corrected chi connectivity index (χ4v) is 7.91. The molecule has 0 unspecified atom stereocenters. The van der Waals surface area contributed by atoms with E-state index < -0.39 is 0 Å². The van der Waals surface area contributed by atoms with Crippen LogP contribution in [0.2, 0.25) is 0 Å². The molecule has 0 aromatic heterocycles. The van der Waals surface area contributed by atoms with E-state index in [-0.39, 0.29) is 0 Å². The zero-order chi connectivity index (χ0) is 40.7. The summed E-state index contributed by atoms with van der Waals surface area (Å²) in [4.78, 5) is 4.72. The van der Waals surface area contributed by atoms with Crippen LogP contribution in [-0.4, -0.2) is 0 Å². The zero-order valence-electron chi connectivity index (χ0n) is 34.6. The quantitative estimate of drug-likeness (QED) is 0.121. The molecule has 0 amide bonds. The first-order chi connectivity index (χ1) is 28.8. The van der Waals surface area contributed by atoms with E-state index in [2.05, 4.69) is 257 Å².